The van der Waals surface area contributed by atoms with E-state index in [1.807, 2.05) is 39.0 Å². The number of benzene rings is 1. The van der Waals surface area contributed by atoms with E-state index in [0.29, 0.717) is 32.5 Å². The van der Waals surface area contributed by atoms with E-state index >= 15 is 0 Å². The van der Waals surface area contributed by atoms with Crippen LogP contribution < -0.4 is 0 Å². The van der Waals surface area contributed by atoms with Gasteiger partial charge in [0.1, 0.15) is 12.2 Å². The van der Waals surface area contributed by atoms with Crippen LogP contribution in [0.4, 0.5) is 9.59 Å². The molecule has 0 radical (unpaired) electrons. The smallest absolute Gasteiger partial charge is 0.410 e. The molecule has 2 fully saturated rings. The van der Waals surface area contributed by atoms with Crippen molar-refractivity contribution in [1.82, 2.24) is 9.80 Å². The first-order valence-electron chi connectivity index (χ1n) is 11.4. The Labute approximate surface area is 191 Å². The van der Waals surface area contributed by atoms with Crippen LogP contribution >= 0.6 is 0 Å². The summed E-state index contributed by atoms with van der Waals surface area (Å²) in [6.07, 6.45) is 2.90. The van der Waals surface area contributed by atoms with Crippen molar-refractivity contribution in [1.29, 1.82) is 0 Å². The minimum atomic E-state index is -0.549. The maximum absolute atomic E-state index is 12.9. The number of rotatable bonds is 7. The molecule has 7 heteroatoms. The largest absolute Gasteiger partial charge is 0.445 e. The lowest BCUT2D eigenvalue weighted by Crippen LogP contribution is -2.52. The minimum absolute atomic E-state index is 0.0435. The van der Waals surface area contributed by atoms with Crippen molar-refractivity contribution >= 4 is 12.2 Å². The van der Waals surface area contributed by atoms with Crippen LogP contribution in [-0.2, 0) is 9.47 Å². The number of carbonyl (C=O) groups excluding carboxylic acids is 2. The number of aliphatic hydroxyl groups excluding tert-OH is 1. The van der Waals surface area contributed by atoms with E-state index < -0.39 is 11.0 Å². The topological polar surface area (TPSA) is 79.3 Å². The lowest BCUT2D eigenvalue weighted by Gasteiger charge is -2.43. The fourth-order valence-corrected chi connectivity index (χ4v) is 4.33. The Morgan fingerprint density at radius 1 is 1.25 bits per heavy atom. The second kappa shape index (κ2) is 9.94. The second-order valence-electron chi connectivity index (χ2n) is 9.94. The summed E-state index contributed by atoms with van der Waals surface area (Å²) in [5.41, 5.74) is 0.180. The molecule has 0 aromatic heterocycles. The quantitative estimate of drug-likeness (QED) is 0.639. The van der Waals surface area contributed by atoms with Gasteiger partial charge in [0.05, 0.1) is 6.61 Å². The Hall–Kier alpha value is -2.54. The van der Waals surface area contributed by atoms with Crippen LogP contribution in [0, 0.1) is 5.41 Å². The van der Waals surface area contributed by atoms with Gasteiger partial charge in [-0.3, -0.25) is 0 Å². The van der Waals surface area contributed by atoms with Crippen LogP contribution in [0.2, 0.25) is 0 Å². The van der Waals surface area contributed by atoms with Crippen molar-refractivity contribution in [3.8, 4) is 0 Å². The number of likely N-dealkylation sites (tertiary alicyclic amines) is 1. The predicted octanol–water partition coefficient (Wildman–Crippen LogP) is 4.18. The van der Waals surface area contributed by atoms with Crippen molar-refractivity contribution in [2.45, 2.75) is 57.6 Å². The molecule has 0 spiro atoms. The molecule has 176 valence electrons. The predicted molar refractivity (Wildman–Crippen MR) is 122 cm³/mol. The molecule has 1 aliphatic carbocycles. The Balaban J connectivity index is 1.68. The van der Waals surface area contributed by atoms with Gasteiger partial charge in [-0.25, -0.2) is 9.59 Å². The number of hydrogen-bond donors (Lipinski definition) is 1. The zero-order chi connectivity index (χ0) is 23.4. The Kier molecular flexibility index (Phi) is 7.49. The Bertz CT molecular complexity index is 796. The molecule has 2 atom stereocenters. The van der Waals surface area contributed by atoms with Crippen molar-refractivity contribution in [3.63, 3.8) is 0 Å². The number of piperidine rings is 1. The highest BCUT2D eigenvalue weighted by molar-refractivity contribution is 5.69. The zero-order valence-electron chi connectivity index (χ0n) is 19.5. The SMILES string of the molecule is C=CCOC(=O)N(CC1(CO)CCN(C(=O)OC(C)(C)C)CC1)[C@@H]1CC1c1ccccc1. The van der Waals surface area contributed by atoms with E-state index in [4.69, 9.17) is 9.47 Å². The summed E-state index contributed by atoms with van der Waals surface area (Å²) < 4.78 is 10.9. The number of aliphatic hydroxyl groups is 1. The summed E-state index contributed by atoms with van der Waals surface area (Å²) in [6.45, 7) is 10.6. The molecule has 1 aliphatic heterocycles. The molecule has 1 aromatic carbocycles. The Morgan fingerprint density at radius 3 is 2.47 bits per heavy atom. The van der Waals surface area contributed by atoms with Crippen molar-refractivity contribution < 1.29 is 24.2 Å². The molecule has 1 N–H and O–H groups in total. The van der Waals surface area contributed by atoms with E-state index in [1.54, 1.807) is 15.9 Å². The molecule has 1 saturated heterocycles. The number of nitrogens with zero attached hydrogens (tertiary/aromatic N) is 2. The monoisotopic (exact) mass is 444 g/mol. The van der Waals surface area contributed by atoms with E-state index in [9.17, 15) is 14.7 Å². The molecule has 1 unspecified atom stereocenters. The summed E-state index contributed by atoms with van der Waals surface area (Å²) in [6, 6.07) is 10.2. The third-order valence-electron chi connectivity index (χ3n) is 6.26. The lowest BCUT2D eigenvalue weighted by molar-refractivity contribution is -0.0121. The molecule has 2 aliphatic rings. The van der Waals surface area contributed by atoms with Crippen molar-refractivity contribution in [3.05, 3.63) is 48.6 Å². The fourth-order valence-electron chi connectivity index (χ4n) is 4.33. The summed E-state index contributed by atoms with van der Waals surface area (Å²) in [5.74, 6) is 0.269. The first-order chi connectivity index (χ1) is 15.2. The normalized spacial score (nSPS) is 22.1. The van der Waals surface area contributed by atoms with Gasteiger partial charge in [-0.2, -0.15) is 0 Å². The van der Waals surface area contributed by atoms with Gasteiger partial charge in [0.15, 0.2) is 0 Å². The van der Waals surface area contributed by atoms with Crippen LogP contribution in [0.1, 0.15) is 51.5 Å². The van der Waals surface area contributed by atoms with Crippen LogP contribution in [0.3, 0.4) is 0 Å². The van der Waals surface area contributed by atoms with Crippen LogP contribution in [0.15, 0.2) is 43.0 Å². The molecular formula is C25H36N2O5. The fraction of sp³-hybridized carbons (Fsp3) is 0.600. The molecule has 2 amide bonds. The molecule has 7 nitrogen and oxygen atoms in total. The zero-order valence-corrected chi connectivity index (χ0v) is 19.5. The number of hydrogen-bond acceptors (Lipinski definition) is 5. The first kappa shape index (κ1) is 24.1. The third kappa shape index (κ3) is 6.03. The third-order valence-corrected chi connectivity index (χ3v) is 6.26. The average Bonchev–Trinajstić information content (AvgIpc) is 3.56. The van der Waals surface area contributed by atoms with Gasteiger partial charge >= 0.3 is 12.2 Å². The molecule has 0 bridgehead atoms. The Morgan fingerprint density at radius 2 is 1.91 bits per heavy atom. The lowest BCUT2D eigenvalue weighted by atomic mass is 9.78. The second-order valence-corrected chi connectivity index (χ2v) is 9.94. The molecular weight excluding hydrogens is 408 g/mol. The van der Waals surface area contributed by atoms with Crippen LogP contribution in [-0.4, -0.2) is 71.6 Å². The van der Waals surface area contributed by atoms with Crippen molar-refractivity contribution in [2.75, 3.05) is 32.8 Å². The van der Waals surface area contributed by atoms with Gasteiger partial charge in [-0.15, -0.1) is 0 Å². The van der Waals surface area contributed by atoms with E-state index in [1.165, 1.54) is 5.56 Å². The molecule has 1 heterocycles. The average molecular weight is 445 g/mol. The van der Waals surface area contributed by atoms with Crippen LogP contribution in [0.5, 0.6) is 0 Å². The highest BCUT2D eigenvalue weighted by Gasteiger charge is 2.49. The van der Waals surface area contributed by atoms with Crippen LogP contribution in [0.25, 0.3) is 0 Å². The standard InChI is InChI=1S/C25H36N2O5/c1-5-15-31-23(30)27(21-16-20(21)19-9-7-6-8-10-19)17-25(18-28)11-13-26(14-12-25)22(29)32-24(2,3)4/h5-10,20-21,28H,1,11-18H2,2-4H3/t20?,21-/m1/s1. The minimum Gasteiger partial charge on any atom is -0.445 e. The highest BCUT2D eigenvalue weighted by Crippen LogP contribution is 2.46. The first-order valence-corrected chi connectivity index (χ1v) is 11.4. The molecule has 32 heavy (non-hydrogen) atoms. The van der Waals surface area contributed by atoms with E-state index in [0.717, 1.165) is 6.42 Å². The van der Waals surface area contributed by atoms with Crippen molar-refractivity contribution in [2.24, 2.45) is 5.41 Å². The number of ether oxygens (including phenoxy) is 2. The van der Waals surface area contributed by atoms with E-state index in [2.05, 4.69) is 18.7 Å². The number of carbonyl (C=O) groups is 2. The van der Waals surface area contributed by atoms with E-state index in [-0.39, 0.29) is 37.4 Å². The maximum Gasteiger partial charge on any atom is 0.410 e. The summed E-state index contributed by atoms with van der Waals surface area (Å²) >= 11 is 0. The summed E-state index contributed by atoms with van der Waals surface area (Å²) in [5, 5.41) is 10.3. The van der Waals surface area contributed by atoms with Gasteiger partial charge in [-0.05, 0) is 45.6 Å². The highest BCUT2D eigenvalue weighted by atomic mass is 16.6. The van der Waals surface area contributed by atoms with Gasteiger partial charge in [0.25, 0.3) is 0 Å². The summed E-state index contributed by atoms with van der Waals surface area (Å²) in [4.78, 5) is 28.8. The molecule has 1 saturated carbocycles. The van der Waals surface area contributed by atoms with Gasteiger partial charge in [0, 0.05) is 37.0 Å². The maximum atomic E-state index is 12.9. The molecule has 1 aromatic rings. The van der Waals surface area contributed by atoms with Gasteiger partial charge in [0.2, 0.25) is 0 Å². The van der Waals surface area contributed by atoms with Gasteiger partial charge < -0.3 is 24.4 Å². The molecule has 3 rings (SSSR count). The summed E-state index contributed by atoms with van der Waals surface area (Å²) in [7, 11) is 0. The van der Waals surface area contributed by atoms with Gasteiger partial charge in [-0.1, -0.05) is 43.0 Å². The number of amides is 2.